The van der Waals surface area contributed by atoms with Crippen molar-refractivity contribution < 1.29 is 46.7 Å². The minimum absolute atomic E-state index is 0.0177. The van der Waals surface area contributed by atoms with Crippen LogP contribution in [-0.4, -0.2) is 36.0 Å². The predicted octanol–water partition coefficient (Wildman–Crippen LogP) is 5.87. The number of urea groups is 1. The fourth-order valence-electron chi connectivity index (χ4n) is 3.92. The SMILES string of the molecule is CCOc1ccc(N2C(=O)NC(=O)/C(=C\c3ccc(Oc4ccc(C(F)(F)F)cc4[N+](=O)[O-])c(OCC)c3)C2=O)cc1. The van der Waals surface area contributed by atoms with Crippen molar-refractivity contribution >= 4 is 35.3 Å². The van der Waals surface area contributed by atoms with Gasteiger partial charge in [0.1, 0.15) is 11.3 Å². The molecule has 0 aromatic heterocycles. The first-order chi connectivity index (χ1) is 19.9. The Labute approximate surface area is 236 Å². The number of barbiturate groups is 1. The molecule has 1 aliphatic rings. The standard InChI is InChI=1S/C28H22F3N3O8/c1-3-40-19-9-7-18(8-10-19)33-26(36)20(25(35)32-27(33)37)13-16-5-11-23(24(14-16)41-4-2)42-22-12-6-17(28(29,30)31)15-21(22)34(38)39/h5-15H,3-4H2,1-2H3,(H,32,35,37)/b20-13+. The lowest BCUT2D eigenvalue weighted by atomic mass is 10.1. The third-order valence-corrected chi connectivity index (χ3v) is 5.79. The zero-order valence-electron chi connectivity index (χ0n) is 22.1. The van der Waals surface area contributed by atoms with E-state index < -0.39 is 45.9 Å². The number of rotatable bonds is 9. The van der Waals surface area contributed by atoms with Crippen molar-refractivity contribution in [3.05, 3.63) is 87.5 Å². The summed E-state index contributed by atoms with van der Waals surface area (Å²) in [6.07, 6.45) is -3.59. The second kappa shape index (κ2) is 12.0. The van der Waals surface area contributed by atoms with Gasteiger partial charge in [0, 0.05) is 6.07 Å². The molecule has 1 N–H and O–H groups in total. The summed E-state index contributed by atoms with van der Waals surface area (Å²) in [5.74, 6) is -1.84. The van der Waals surface area contributed by atoms with Crippen molar-refractivity contribution in [1.29, 1.82) is 0 Å². The van der Waals surface area contributed by atoms with Gasteiger partial charge in [0.2, 0.25) is 5.75 Å². The highest BCUT2D eigenvalue weighted by Crippen LogP contribution is 2.40. The number of hydrogen-bond donors (Lipinski definition) is 1. The van der Waals surface area contributed by atoms with Crippen molar-refractivity contribution in [1.82, 2.24) is 5.32 Å². The number of hydrogen-bond acceptors (Lipinski definition) is 8. The molecule has 1 saturated heterocycles. The van der Waals surface area contributed by atoms with E-state index in [1.54, 1.807) is 26.0 Å². The molecule has 42 heavy (non-hydrogen) atoms. The van der Waals surface area contributed by atoms with E-state index in [9.17, 15) is 37.7 Å². The van der Waals surface area contributed by atoms with Gasteiger partial charge in [-0.15, -0.1) is 0 Å². The Kier molecular flexibility index (Phi) is 8.45. The first-order valence-electron chi connectivity index (χ1n) is 12.4. The summed E-state index contributed by atoms with van der Waals surface area (Å²) in [4.78, 5) is 49.5. The molecule has 1 aliphatic heterocycles. The van der Waals surface area contributed by atoms with E-state index in [1.807, 2.05) is 0 Å². The van der Waals surface area contributed by atoms with Crippen LogP contribution in [0.3, 0.4) is 0 Å². The van der Waals surface area contributed by atoms with Crippen LogP contribution in [0.1, 0.15) is 25.0 Å². The van der Waals surface area contributed by atoms with Crippen LogP contribution in [0.4, 0.5) is 29.3 Å². The Morgan fingerprint density at radius 3 is 2.19 bits per heavy atom. The number of nitro groups is 1. The van der Waals surface area contributed by atoms with Gasteiger partial charge in [-0.2, -0.15) is 13.2 Å². The zero-order chi connectivity index (χ0) is 30.6. The van der Waals surface area contributed by atoms with Crippen molar-refractivity contribution in [2.75, 3.05) is 18.1 Å². The molecule has 0 radical (unpaired) electrons. The summed E-state index contributed by atoms with van der Waals surface area (Å²) in [7, 11) is 0. The minimum atomic E-state index is -4.80. The fraction of sp³-hybridized carbons (Fsp3) is 0.179. The van der Waals surface area contributed by atoms with Crippen LogP contribution in [-0.2, 0) is 15.8 Å². The number of imide groups is 2. The van der Waals surface area contributed by atoms with Crippen molar-refractivity contribution in [2.45, 2.75) is 20.0 Å². The molecule has 3 aromatic carbocycles. The van der Waals surface area contributed by atoms with E-state index in [0.717, 1.165) is 11.0 Å². The van der Waals surface area contributed by atoms with E-state index >= 15 is 0 Å². The smallest absolute Gasteiger partial charge is 0.416 e. The van der Waals surface area contributed by atoms with Gasteiger partial charge < -0.3 is 14.2 Å². The fourth-order valence-corrected chi connectivity index (χ4v) is 3.92. The molecule has 0 atom stereocenters. The van der Waals surface area contributed by atoms with E-state index in [1.165, 1.54) is 36.4 Å². The number of nitrogens with one attached hydrogen (secondary N) is 1. The number of nitrogens with zero attached hydrogens (tertiary/aromatic N) is 2. The van der Waals surface area contributed by atoms with E-state index in [-0.39, 0.29) is 34.9 Å². The van der Waals surface area contributed by atoms with Gasteiger partial charge in [0.05, 0.1) is 29.4 Å². The lowest BCUT2D eigenvalue weighted by Crippen LogP contribution is -2.54. The van der Waals surface area contributed by atoms with Crippen molar-refractivity contribution in [3.8, 4) is 23.0 Å². The van der Waals surface area contributed by atoms with Gasteiger partial charge in [0.15, 0.2) is 11.5 Å². The quantitative estimate of drug-likeness (QED) is 0.143. The van der Waals surface area contributed by atoms with Crippen LogP contribution in [0.2, 0.25) is 0 Å². The Morgan fingerprint density at radius 1 is 0.905 bits per heavy atom. The second-order valence-electron chi connectivity index (χ2n) is 8.56. The Morgan fingerprint density at radius 2 is 1.57 bits per heavy atom. The molecule has 11 nitrogen and oxygen atoms in total. The van der Waals surface area contributed by atoms with E-state index in [4.69, 9.17) is 14.2 Å². The number of nitro benzene ring substituents is 1. The molecule has 0 spiro atoms. The first kappa shape index (κ1) is 29.6. The lowest BCUT2D eigenvalue weighted by Gasteiger charge is -2.26. The number of amides is 4. The molecule has 0 bridgehead atoms. The highest BCUT2D eigenvalue weighted by Gasteiger charge is 2.37. The van der Waals surface area contributed by atoms with Crippen LogP contribution in [0.25, 0.3) is 6.08 Å². The highest BCUT2D eigenvalue weighted by molar-refractivity contribution is 6.39. The third-order valence-electron chi connectivity index (χ3n) is 5.79. The highest BCUT2D eigenvalue weighted by atomic mass is 19.4. The van der Waals surface area contributed by atoms with Crippen LogP contribution < -0.4 is 24.4 Å². The molecule has 3 aromatic rings. The van der Waals surface area contributed by atoms with E-state index in [0.29, 0.717) is 24.5 Å². The molecule has 1 fully saturated rings. The number of alkyl halides is 3. The molecule has 0 saturated carbocycles. The van der Waals surface area contributed by atoms with Gasteiger partial charge in [-0.25, -0.2) is 9.69 Å². The largest absolute Gasteiger partial charge is 0.494 e. The summed E-state index contributed by atoms with van der Waals surface area (Å²) in [6, 6.07) is 11.0. The molecule has 0 aliphatic carbocycles. The van der Waals surface area contributed by atoms with Crippen LogP contribution >= 0.6 is 0 Å². The van der Waals surface area contributed by atoms with Crippen molar-refractivity contribution in [2.24, 2.45) is 0 Å². The molecule has 14 heteroatoms. The van der Waals surface area contributed by atoms with Gasteiger partial charge in [-0.05, 0) is 74.0 Å². The molecular weight excluding hydrogens is 563 g/mol. The number of carbonyl (C=O) groups excluding carboxylic acids is 3. The second-order valence-corrected chi connectivity index (χ2v) is 8.56. The molecule has 1 heterocycles. The maximum atomic E-state index is 13.2. The summed E-state index contributed by atoms with van der Waals surface area (Å²) in [6.45, 7) is 3.95. The molecule has 4 amide bonds. The number of anilines is 1. The average Bonchev–Trinajstić information content (AvgIpc) is 2.93. The molecular formula is C28H22F3N3O8. The third kappa shape index (κ3) is 6.32. The summed E-state index contributed by atoms with van der Waals surface area (Å²) >= 11 is 0. The van der Waals surface area contributed by atoms with Gasteiger partial charge in [-0.3, -0.25) is 25.0 Å². The normalized spacial score (nSPS) is 14.5. The van der Waals surface area contributed by atoms with Gasteiger partial charge in [-0.1, -0.05) is 6.07 Å². The lowest BCUT2D eigenvalue weighted by molar-refractivity contribution is -0.385. The number of ether oxygens (including phenoxy) is 3. The Hall–Kier alpha value is -5.40. The maximum Gasteiger partial charge on any atom is 0.416 e. The number of carbonyl (C=O) groups is 3. The Bertz CT molecular complexity index is 1590. The van der Waals surface area contributed by atoms with Crippen molar-refractivity contribution in [3.63, 3.8) is 0 Å². The van der Waals surface area contributed by atoms with E-state index in [2.05, 4.69) is 5.32 Å². The number of halogens is 3. The predicted molar refractivity (Wildman–Crippen MR) is 142 cm³/mol. The van der Waals surface area contributed by atoms with Crippen LogP contribution in [0.5, 0.6) is 23.0 Å². The van der Waals surface area contributed by atoms with Gasteiger partial charge >= 0.3 is 17.9 Å². The molecule has 218 valence electrons. The summed E-state index contributed by atoms with van der Waals surface area (Å²) in [5, 5.41) is 13.6. The van der Waals surface area contributed by atoms with Crippen LogP contribution in [0, 0.1) is 10.1 Å². The monoisotopic (exact) mass is 585 g/mol. The topological polar surface area (TPSA) is 137 Å². The molecule has 0 unspecified atom stereocenters. The summed E-state index contributed by atoms with van der Waals surface area (Å²) in [5.41, 5.74) is -2.06. The minimum Gasteiger partial charge on any atom is -0.494 e. The van der Waals surface area contributed by atoms with Gasteiger partial charge in [0.25, 0.3) is 11.8 Å². The first-order valence-corrected chi connectivity index (χ1v) is 12.4. The zero-order valence-corrected chi connectivity index (χ0v) is 22.1. The molecule has 4 rings (SSSR count). The summed E-state index contributed by atoms with van der Waals surface area (Å²) < 4.78 is 55.7. The average molecular weight is 585 g/mol. The Balaban J connectivity index is 1.66. The maximum absolute atomic E-state index is 13.2. The number of benzene rings is 3. The van der Waals surface area contributed by atoms with Crippen LogP contribution in [0.15, 0.2) is 66.2 Å².